The van der Waals surface area contributed by atoms with Crippen molar-refractivity contribution >= 4 is 10.0 Å². The molecular weight excluding hydrogens is 391 g/mol. The van der Waals surface area contributed by atoms with Gasteiger partial charge in [0.25, 0.3) is 10.0 Å². The molecule has 1 atom stereocenters. The lowest BCUT2D eigenvalue weighted by Gasteiger charge is -2.31. The molecule has 152 valence electrons. The summed E-state index contributed by atoms with van der Waals surface area (Å²) in [4.78, 5) is 8.79. The molecule has 1 aromatic carbocycles. The Morgan fingerprint density at radius 3 is 2.69 bits per heavy atom. The van der Waals surface area contributed by atoms with Crippen LogP contribution >= 0.6 is 0 Å². The molecular formula is C21H23FN4O2S. The van der Waals surface area contributed by atoms with Crippen LogP contribution in [0.2, 0.25) is 0 Å². The molecule has 0 unspecified atom stereocenters. The summed E-state index contributed by atoms with van der Waals surface area (Å²) in [6, 6.07) is 12.2. The van der Waals surface area contributed by atoms with Crippen molar-refractivity contribution in [2.24, 2.45) is 7.05 Å². The minimum atomic E-state index is -3.61. The van der Waals surface area contributed by atoms with E-state index >= 15 is 0 Å². The quantitative estimate of drug-likeness (QED) is 0.643. The molecule has 1 aliphatic heterocycles. The molecule has 1 aliphatic rings. The van der Waals surface area contributed by atoms with Gasteiger partial charge in [0.05, 0.1) is 6.33 Å². The number of hydrogen-bond donors (Lipinski definition) is 0. The third kappa shape index (κ3) is 4.38. The minimum Gasteiger partial charge on any atom is -0.339 e. The third-order valence-corrected chi connectivity index (χ3v) is 6.97. The van der Waals surface area contributed by atoms with Crippen LogP contribution in [-0.2, 0) is 23.5 Å². The Labute approximate surface area is 170 Å². The first-order valence-electron chi connectivity index (χ1n) is 9.60. The Morgan fingerprint density at radius 2 is 1.97 bits per heavy atom. The molecule has 0 aliphatic carbocycles. The zero-order valence-electron chi connectivity index (χ0n) is 16.2. The molecule has 6 nitrogen and oxygen atoms in total. The normalized spacial score (nSPS) is 18.1. The second-order valence-corrected chi connectivity index (χ2v) is 9.32. The number of pyridine rings is 1. The highest BCUT2D eigenvalue weighted by Crippen LogP contribution is 2.29. The van der Waals surface area contributed by atoms with Crippen molar-refractivity contribution in [1.29, 1.82) is 0 Å². The molecule has 2 aromatic heterocycles. The van der Waals surface area contributed by atoms with E-state index in [0.29, 0.717) is 19.5 Å². The van der Waals surface area contributed by atoms with E-state index in [1.54, 1.807) is 23.7 Å². The van der Waals surface area contributed by atoms with Gasteiger partial charge in [-0.2, -0.15) is 4.31 Å². The number of aromatic nitrogens is 3. The SMILES string of the molecule is Cn1cnc(S(=O)(=O)N2CCC[C@H](c3cccc(Cc4ccc(F)cc4)n3)C2)c1. The van der Waals surface area contributed by atoms with Crippen molar-refractivity contribution in [3.8, 4) is 0 Å². The van der Waals surface area contributed by atoms with Crippen molar-refractivity contribution in [3.63, 3.8) is 0 Å². The Kier molecular flexibility index (Phi) is 5.47. The van der Waals surface area contributed by atoms with E-state index in [-0.39, 0.29) is 16.8 Å². The highest BCUT2D eigenvalue weighted by Gasteiger charge is 2.32. The van der Waals surface area contributed by atoms with Crippen molar-refractivity contribution in [2.45, 2.75) is 30.2 Å². The van der Waals surface area contributed by atoms with Crippen LogP contribution < -0.4 is 0 Å². The van der Waals surface area contributed by atoms with Crippen LogP contribution in [0.15, 0.2) is 60.0 Å². The van der Waals surface area contributed by atoms with Gasteiger partial charge in [-0.1, -0.05) is 18.2 Å². The van der Waals surface area contributed by atoms with Crippen LogP contribution in [0.25, 0.3) is 0 Å². The van der Waals surface area contributed by atoms with E-state index in [4.69, 9.17) is 4.98 Å². The summed E-state index contributed by atoms with van der Waals surface area (Å²) in [5.41, 5.74) is 2.77. The van der Waals surface area contributed by atoms with Gasteiger partial charge in [0.15, 0.2) is 5.03 Å². The monoisotopic (exact) mass is 414 g/mol. The first-order valence-corrected chi connectivity index (χ1v) is 11.0. The van der Waals surface area contributed by atoms with Gasteiger partial charge in [0, 0.05) is 50.1 Å². The number of halogens is 1. The summed E-state index contributed by atoms with van der Waals surface area (Å²) in [6.45, 7) is 0.886. The smallest absolute Gasteiger partial charge is 0.262 e. The van der Waals surface area contributed by atoms with Gasteiger partial charge in [-0.25, -0.2) is 17.8 Å². The summed E-state index contributed by atoms with van der Waals surface area (Å²) in [5.74, 6) is -0.220. The van der Waals surface area contributed by atoms with Crippen molar-refractivity contribution < 1.29 is 12.8 Å². The number of hydrogen-bond acceptors (Lipinski definition) is 4. The number of benzene rings is 1. The topological polar surface area (TPSA) is 68.1 Å². The number of rotatable bonds is 5. The predicted molar refractivity (Wildman–Crippen MR) is 107 cm³/mol. The average Bonchev–Trinajstić information content (AvgIpc) is 3.17. The molecule has 4 rings (SSSR count). The molecule has 1 saturated heterocycles. The van der Waals surface area contributed by atoms with Crippen molar-refractivity contribution in [1.82, 2.24) is 18.8 Å². The third-order valence-electron chi connectivity index (χ3n) is 5.21. The molecule has 3 heterocycles. The standard InChI is InChI=1S/C21H23FN4O2S/c1-25-14-21(23-15-25)29(27,28)26-11-3-4-17(13-26)20-6-2-5-19(24-20)12-16-7-9-18(22)10-8-16/h2,5-10,14-15,17H,3-4,11-13H2,1H3/t17-/m0/s1. The highest BCUT2D eigenvalue weighted by atomic mass is 32.2. The lowest BCUT2D eigenvalue weighted by Crippen LogP contribution is -2.39. The fourth-order valence-corrected chi connectivity index (χ4v) is 5.18. The lowest BCUT2D eigenvalue weighted by molar-refractivity contribution is 0.311. The average molecular weight is 415 g/mol. The van der Waals surface area contributed by atoms with Crippen LogP contribution in [0.1, 0.15) is 35.7 Å². The zero-order valence-corrected chi connectivity index (χ0v) is 17.0. The molecule has 0 N–H and O–H groups in total. The molecule has 8 heteroatoms. The highest BCUT2D eigenvalue weighted by molar-refractivity contribution is 7.89. The van der Waals surface area contributed by atoms with Crippen LogP contribution in [0, 0.1) is 5.82 Å². The summed E-state index contributed by atoms with van der Waals surface area (Å²) < 4.78 is 42.1. The molecule has 0 amide bonds. The van der Waals surface area contributed by atoms with E-state index in [1.165, 1.54) is 29.0 Å². The summed E-state index contributed by atoms with van der Waals surface area (Å²) in [7, 11) is -1.86. The van der Waals surface area contributed by atoms with Gasteiger partial charge >= 0.3 is 0 Å². The second kappa shape index (κ2) is 8.04. The van der Waals surface area contributed by atoms with Crippen LogP contribution in [-0.4, -0.2) is 40.3 Å². The maximum Gasteiger partial charge on any atom is 0.262 e. The Morgan fingerprint density at radius 1 is 1.17 bits per heavy atom. The zero-order chi connectivity index (χ0) is 20.4. The van der Waals surface area contributed by atoms with Crippen molar-refractivity contribution in [3.05, 3.63) is 77.8 Å². The number of aryl methyl sites for hydroxylation is 1. The lowest BCUT2D eigenvalue weighted by atomic mass is 9.95. The summed E-state index contributed by atoms with van der Waals surface area (Å²) in [5, 5.41) is 0.0821. The number of sulfonamides is 1. The predicted octanol–water partition coefficient (Wildman–Crippen LogP) is 3.11. The first kappa shape index (κ1) is 19.7. The minimum absolute atomic E-state index is 0.0374. The van der Waals surface area contributed by atoms with Crippen LogP contribution in [0.3, 0.4) is 0 Å². The van der Waals surface area contributed by atoms with E-state index < -0.39 is 10.0 Å². The van der Waals surface area contributed by atoms with Crippen LogP contribution in [0.5, 0.6) is 0 Å². The Bertz CT molecular complexity index is 1100. The van der Waals surface area contributed by atoms with Gasteiger partial charge in [-0.05, 0) is 42.7 Å². The fourth-order valence-electron chi connectivity index (χ4n) is 3.69. The van der Waals surface area contributed by atoms with Crippen LogP contribution in [0.4, 0.5) is 4.39 Å². The molecule has 29 heavy (non-hydrogen) atoms. The van der Waals surface area contributed by atoms with E-state index in [9.17, 15) is 12.8 Å². The molecule has 0 bridgehead atoms. The summed E-state index contributed by atoms with van der Waals surface area (Å²) >= 11 is 0. The fraction of sp³-hybridized carbons (Fsp3) is 0.333. The van der Waals surface area contributed by atoms with Gasteiger partial charge in [0.2, 0.25) is 0 Å². The molecule has 0 saturated carbocycles. The summed E-state index contributed by atoms with van der Waals surface area (Å²) in [6.07, 6.45) is 5.30. The molecule has 3 aromatic rings. The van der Waals surface area contributed by atoms with Gasteiger partial charge in [0.1, 0.15) is 5.82 Å². The van der Waals surface area contributed by atoms with Gasteiger partial charge in [-0.3, -0.25) is 4.98 Å². The second-order valence-electron chi connectivity index (χ2n) is 7.44. The molecule has 0 radical (unpaired) electrons. The maximum absolute atomic E-state index is 13.1. The van der Waals surface area contributed by atoms with Crippen molar-refractivity contribution in [2.75, 3.05) is 13.1 Å². The number of piperidine rings is 1. The Hall–Kier alpha value is -2.58. The molecule has 0 spiro atoms. The number of imidazole rings is 1. The van der Waals surface area contributed by atoms with E-state index in [2.05, 4.69) is 4.98 Å². The number of nitrogens with zero attached hydrogens (tertiary/aromatic N) is 4. The maximum atomic E-state index is 13.1. The van der Waals surface area contributed by atoms with Gasteiger partial charge in [-0.15, -0.1) is 0 Å². The first-order chi connectivity index (χ1) is 13.9. The largest absolute Gasteiger partial charge is 0.339 e. The molecule has 1 fully saturated rings. The van der Waals surface area contributed by atoms with E-state index in [0.717, 1.165) is 29.8 Å². The van der Waals surface area contributed by atoms with Gasteiger partial charge < -0.3 is 4.57 Å². The Balaban J connectivity index is 1.52. The van der Waals surface area contributed by atoms with E-state index in [1.807, 2.05) is 18.2 Å².